The summed E-state index contributed by atoms with van der Waals surface area (Å²) < 4.78 is 9.10. The van der Waals surface area contributed by atoms with E-state index in [-0.39, 0.29) is 15.4 Å². The molecule has 0 aliphatic heterocycles. The molecular weight excluding hydrogens is 535 g/mol. The number of aliphatic hydroxyl groups excluding tert-OH is 1. The Balaban J connectivity index is 1.42. The fourth-order valence-corrected chi connectivity index (χ4v) is 11.8. The molecule has 2 aromatic rings. The molecule has 6 heteroatoms. The molecule has 0 spiro atoms. The lowest BCUT2D eigenvalue weighted by atomic mass is 9.50. The predicted molar refractivity (Wildman–Crippen MR) is 132 cm³/mol. The highest BCUT2D eigenvalue weighted by Gasteiger charge is 2.55. The maximum atomic E-state index is 11.7. The Hall–Kier alpha value is -1.58. The summed E-state index contributed by atoms with van der Waals surface area (Å²) >= 11 is 4.51. The Labute approximate surface area is 201 Å². The SMILES string of the molecule is C#I(c1cc[n+](O)cc1)C1CCC2C3CCc4c(ccc(C#N)c4Cl)C3CC[C@]2(C)[C@H]1O. The van der Waals surface area contributed by atoms with E-state index in [0.717, 1.165) is 46.8 Å². The van der Waals surface area contributed by atoms with Crippen LogP contribution in [0.4, 0.5) is 0 Å². The van der Waals surface area contributed by atoms with Gasteiger partial charge in [-0.05, 0) is 78.9 Å². The summed E-state index contributed by atoms with van der Waals surface area (Å²) in [5, 5.41) is 31.2. The summed E-state index contributed by atoms with van der Waals surface area (Å²) in [4.78, 5) is 0. The number of hydrogen-bond acceptors (Lipinski definition) is 3. The van der Waals surface area contributed by atoms with E-state index in [0.29, 0.717) is 28.3 Å². The van der Waals surface area contributed by atoms with Crippen molar-refractivity contribution >= 4 is 30.7 Å². The zero-order chi connectivity index (χ0) is 22.6. The number of benzene rings is 1. The number of pyridine rings is 1. The Bertz CT molecular complexity index is 1170. The third-order valence-electron chi connectivity index (χ3n) is 8.50. The van der Waals surface area contributed by atoms with Gasteiger partial charge in [0.1, 0.15) is 6.07 Å². The van der Waals surface area contributed by atoms with Crippen molar-refractivity contribution in [2.45, 2.75) is 61.4 Å². The zero-order valence-electron chi connectivity index (χ0n) is 18.2. The first-order valence-corrected chi connectivity index (χ1v) is 15.3. The van der Waals surface area contributed by atoms with E-state index in [2.05, 4.69) is 19.1 Å². The maximum Gasteiger partial charge on any atom is 0.223 e. The first kappa shape index (κ1) is 22.2. The largest absolute Gasteiger partial charge is 0.391 e. The van der Waals surface area contributed by atoms with E-state index in [1.807, 2.05) is 18.2 Å². The molecule has 2 saturated carbocycles. The van der Waals surface area contributed by atoms with Gasteiger partial charge in [-0.1, -0.05) is 43.7 Å². The molecule has 2 fully saturated rings. The first-order valence-electron chi connectivity index (χ1n) is 11.4. The van der Waals surface area contributed by atoms with Crippen molar-refractivity contribution in [3.8, 4) is 10.4 Å². The molecule has 5 rings (SSSR count). The molecule has 1 aromatic carbocycles. The number of nitrogens with zero attached hydrogens (tertiary/aromatic N) is 2. The highest BCUT2D eigenvalue weighted by Crippen LogP contribution is 2.62. The Morgan fingerprint density at radius 3 is 2.66 bits per heavy atom. The third kappa shape index (κ3) is 3.39. The van der Waals surface area contributed by atoms with Crippen molar-refractivity contribution in [1.29, 1.82) is 5.26 Å². The molecule has 168 valence electrons. The maximum absolute atomic E-state index is 11.7. The van der Waals surface area contributed by atoms with Gasteiger partial charge in [0.05, 0.1) is 16.7 Å². The summed E-state index contributed by atoms with van der Waals surface area (Å²) in [5.74, 6) is 1.49. The van der Waals surface area contributed by atoms with Gasteiger partial charge < -0.3 is 5.11 Å². The quantitative estimate of drug-likeness (QED) is 0.198. The average molecular weight is 564 g/mol. The average Bonchev–Trinajstić information content (AvgIpc) is 2.80. The molecule has 1 aromatic heterocycles. The van der Waals surface area contributed by atoms with Crippen LogP contribution in [0.25, 0.3) is 0 Å². The van der Waals surface area contributed by atoms with Crippen molar-refractivity contribution in [3.05, 3.63) is 61.9 Å². The summed E-state index contributed by atoms with van der Waals surface area (Å²) in [6.07, 6.45) is 8.97. The number of aliphatic hydroxyl groups is 1. The minimum absolute atomic E-state index is 0.112. The highest BCUT2D eigenvalue weighted by atomic mass is 127. The van der Waals surface area contributed by atoms with Crippen LogP contribution < -0.4 is 4.73 Å². The van der Waals surface area contributed by atoms with E-state index in [1.54, 1.807) is 12.4 Å². The number of halogens is 2. The number of fused-ring (bicyclic) bond motifs is 5. The number of alkyl halides is 1. The van der Waals surface area contributed by atoms with Crippen LogP contribution in [0.3, 0.4) is 0 Å². The number of rotatable bonds is 0. The van der Waals surface area contributed by atoms with Crippen LogP contribution in [-0.4, -0.2) is 20.3 Å². The van der Waals surface area contributed by atoms with Crippen LogP contribution >= 0.6 is 30.7 Å². The van der Waals surface area contributed by atoms with Gasteiger partial charge in [0, 0.05) is 24.4 Å². The lowest BCUT2D eigenvalue weighted by Gasteiger charge is -2.58. The van der Waals surface area contributed by atoms with Gasteiger partial charge in [0.15, 0.2) is 0 Å². The predicted octanol–water partition coefficient (Wildman–Crippen LogP) is 5.29. The van der Waals surface area contributed by atoms with Crippen LogP contribution in [0.5, 0.6) is 0 Å². The van der Waals surface area contributed by atoms with Crippen LogP contribution in [0, 0.1) is 36.5 Å². The van der Waals surface area contributed by atoms with Gasteiger partial charge in [-0.3, -0.25) is 5.21 Å². The van der Waals surface area contributed by atoms with Gasteiger partial charge in [0.25, 0.3) is 0 Å². The topological polar surface area (TPSA) is 68.1 Å². The van der Waals surface area contributed by atoms with Gasteiger partial charge in [-0.15, -0.1) is 4.31 Å². The minimum Gasteiger partial charge on any atom is -0.391 e. The Kier molecular flexibility index (Phi) is 5.78. The Morgan fingerprint density at radius 1 is 1.19 bits per heavy atom. The molecule has 6 atom stereocenters. The zero-order valence-corrected chi connectivity index (χ0v) is 21.1. The molecule has 0 amide bonds. The standard InChI is InChI=1S/C26H29ClIN2O2/c1-26-12-9-19-18-4-3-16(15-29)24(27)21(18)6-5-20(19)22(26)7-8-23(25(26)31)28(2)17-10-13-30(32)14-11-17/h2-4,10-11,13-14,19-20,22-23,25,31-32H,5-9,12H2,1H3/q+1/t19?,20?,22?,23?,25-,26-/m0/s1. The summed E-state index contributed by atoms with van der Waals surface area (Å²) in [6.45, 7) is 2.29. The molecule has 4 unspecified atom stereocenters. The molecule has 1 heterocycles. The summed E-state index contributed by atoms with van der Waals surface area (Å²) in [7, 11) is 0. The van der Waals surface area contributed by atoms with Crippen molar-refractivity contribution in [2.75, 3.05) is 0 Å². The van der Waals surface area contributed by atoms with E-state index >= 15 is 0 Å². The molecule has 2 N–H and O–H groups in total. The molecule has 32 heavy (non-hydrogen) atoms. The second-order valence-corrected chi connectivity index (χ2v) is 15.0. The fraction of sp³-hybridized carbons (Fsp3) is 0.500. The van der Waals surface area contributed by atoms with Crippen LogP contribution in [0.2, 0.25) is 5.02 Å². The second kappa shape index (κ2) is 8.33. The van der Waals surface area contributed by atoms with Crippen molar-refractivity contribution in [1.82, 2.24) is 0 Å². The van der Waals surface area contributed by atoms with Gasteiger partial charge in [0.2, 0.25) is 12.4 Å². The molecule has 0 radical (unpaired) electrons. The summed E-state index contributed by atoms with van der Waals surface area (Å²) in [5.41, 5.74) is 2.97. The highest BCUT2D eigenvalue weighted by molar-refractivity contribution is 14.2. The van der Waals surface area contributed by atoms with Crippen molar-refractivity contribution < 1.29 is 15.0 Å². The van der Waals surface area contributed by atoms with Crippen LogP contribution in [0.1, 0.15) is 61.6 Å². The lowest BCUT2D eigenvalue weighted by Crippen LogP contribution is -2.55. The molecule has 4 nitrogen and oxygen atoms in total. The molecule has 0 bridgehead atoms. The second-order valence-electron chi connectivity index (χ2n) is 9.85. The molecular formula is C26H29ClIN2O2+. The number of nitriles is 1. The van der Waals surface area contributed by atoms with E-state index < -0.39 is 19.1 Å². The van der Waals surface area contributed by atoms with Crippen LogP contribution in [0.15, 0.2) is 36.7 Å². The van der Waals surface area contributed by atoms with Gasteiger partial charge in [-0.25, -0.2) is 0 Å². The van der Waals surface area contributed by atoms with E-state index in [9.17, 15) is 15.6 Å². The Morgan fingerprint density at radius 2 is 1.94 bits per heavy atom. The monoisotopic (exact) mass is 563 g/mol. The lowest BCUT2D eigenvalue weighted by molar-refractivity contribution is -0.904. The van der Waals surface area contributed by atoms with E-state index in [1.165, 1.54) is 11.1 Å². The van der Waals surface area contributed by atoms with Crippen LogP contribution in [-0.2, 0) is 6.42 Å². The third-order valence-corrected chi connectivity index (χ3v) is 14.1. The normalized spacial score (nSPS) is 33.6. The first-order chi connectivity index (χ1) is 15.3. The number of aromatic nitrogens is 1. The molecule has 3 aliphatic rings. The molecule has 3 aliphatic carbocycles. The minimum atomic E-state index is -2.07. The van der Waals surface area contributed by atoms with Gasteiger partial charge >= 0.3 is 0 Å². The smallest absolute Gasteiger partial charge is 0.223 e. The number of hydrogen-bond donors (Lipinski definition) is 2. The molecule has 0 saturated heterocycles. The van der Waals surface area contributed by atoms with Crippen molar-refractivity contribution in [3.63, 3.8) is 0 Å². The fourth-order valence-electron chi connectivity index (χ4n) is 6.83. The van der Waals surface area contributed by atoms with E-state index in [4.69, 9.17) is 15.9 Å². The summed E-state index contributed by atoms with van der Waals surface area (Å²) in [6, 6.07) is 10.0. The van der Waals surface area contributed by atoms with Gasteiger partial charge in [-0.2, -0.15) is 5.26 Å². The van der Waals surface area contributed by atoms with Crippen molar-refractivity contribution in [2.24, 2.45) is 17.3 Å².